The number of hydrogen-bond acceptors (Lipinski definition) is 4. The Bertz CT molecular complexity index is 409. The van der Waals surface area contributed by atoms with Crippen LogP contribution in [0.1, 0.15) is 5.56 Å². The van der Waals surface area contributed by atoms with Crippen LogP contribution in [0.2, 0.25) is 5.02 Å². The van der Waals surface area contributed by atoms with Gasteiger partial charge in [0.15, 0.2) is 0 Å². The summed E-state index contributed by atoms with van der Waals surface area (Å²) in [4.78, 5) is 18.8. The van der Waals surface area contributed by atoms with Gasteiger partial charge in [0, 0.05) is 0 Å². The van der Waals surface area contributed by atoms with Crippen LogP contribution in [-0.2, 0) is 5.12 Å². The van der Waals surface area contributed by atoms with E-state index in [0.29, 0.717) is 0 Å². The number of halogens is 2. The van der Waals surface area contributed by atoms with E-state index in [9.17, 15) is 20.2 Å². The Kier molecular flexibility index (Phi) is 3.11. The lowest BCUT2D eigenvalue weighted by molar-refractivity contribution is -0.778. The summed E-state index contributed by atoms with van der Waals surface area (Å²) in [5.41, 5.74) is -0.358. The highest BCUT2D eigenvalue weighted by Crippen LogP contribution is 2.34. The number of hydrogen-bond donors (Lipinski definition) is 0. The van der Waals surface area contributed by atoms with Crippen molar-refractivity contribution in [2.75, 3.05) is 0 Å². The zero-order chi connectivity index (χ0) is 11.6. The predicted molar refractivity (Wildman–Crippen MR) is 53.0 cm³/mol. The van der Waals surface area contributed by atoms with E-state index in [1.165, 1.54) is 18.2 Å². The molecule has 0 saturated carbocycles. The van der Waals surface area contributed by atoms with Crippen LogP contribution in [0.25, 0.3) is 0 Å². The molecule has 80 valence electrons. The molecule has 6 nitrogen and oxygen atoms in total. The third kappa shape index (κ3) is 1.86. The lowest BCUT2D eigenvalue weighted by atomic mass is 10.2. The topological polar surface area (TPSA) is 86.3 Å². The summed E-state index contributed by atoms with van der Waals surface area (Å²) in [6.07, 6.45) is 0. The molecule has 0 unspecified atom stereocenters. The van der Waals surface area contributed by atoms with Crippen molar-refractivity contribution >= 4 is 23.2 Å². The minimum atomic E-state index is -2.93. The molecule has 0 fully saturated rings. The Morgan fingerprint density at radius 1 is 1.13 bits per heavy atom. The zero-order valence-corrected chi connectivity index (χ0v) is 8.60. The predicted octanol–water partition coefficient (Wildman–Crippen LogP) is 2.24. The number of alkyl halides is 1. The smallest absolute Gasteiger partial charge is 0.257 e. The first-order valence-corrected chi connectivity index (χ1v) is 4.39. The van der Waals surface area contributed by atoms with Gasteiger partial charge in [-0.3, -0.25) is 20.2 Å². The Labute approximate surface area is 93.7 Å². The van der Waals surface area contributed by atoms with Crippen LogP contribution in [0.4, 0.5) is 0 Å². The molecule has 0 bridgehead atoms. The molecule has 1 rings (SSSR count). The van der Waals surface area contributed by atoms with Crippen molar-refractivity contribution in [1.29, 1.82) is 0 Å². The average molecular weight is 251 g/mol. The van der Waals surface area contributed by atoms with Crippen LogP contribution in [0.3, 0.4) is 0 Å². The van der Waals surface area contributed by atoms with E-state index in [4.69, 9.17) is 23.2 Å². The second-order valence-corrected chi connectivity index (χ2v) is 3.52. The molecule has 0 amide bonds. The van der Waals surface area contributed by atoms with E-state index >= 15 is 0 Å². The van der Waals surface area contributed by atoms with Gasteiger partial charge in [0.25, 0.3) is 0 Å². The first kappa shape index (κ1) is 11.7. The Balaban J connectivity index is 3.41. The molecule has 0 spiro atoms. The number of nitrogens with zero attached hydrogens (tertiary/aromatic N) is 2. The van der Waals surface area contributed by atoms with Gasteiger partial charge in [-0.2, -0.15) is 0 Å². The maximum Gasteiger partial charge on any atom is 0.565 e. The van der Waals surface area contributed by atoms with Gasteiger partial charge in [0.2, 0.25) is 0 Å². The van der Waals surface area contributed by atoms with Gasteiger partial charge in [-0.15, -0.1) is 0 Å². The maximum absolute atomic E-state index is 10.6. The van der Waals surface area contributed by atoms with E-state index in [0.717, 1.165) is 6.07 Å². The SMILES string of the molecule is O=[N+]([O-])C(Cl)(c1ccccc1Cl)[N+](=O)[O-]. The first-order valence-electron chi connectivity index (χ1n) is 3.63. The molecule has 0 radical (unpaired) electrons. The highest BCUT2D eigenvalue weighted by molar-refractivity contribution is 6.32. The van der Waals surface area contributed by atoms with Crippen molar-refractivity contribution in [3.8, 4) is 0 Å². The lowest BCUT2D eigenvalue weighted by Gasteiger charge is -2.10. The molecular formula is C7H4Cl2N2O4. The van der Waals surface area contributed by atoms with E-state index in [1.54, 1.807) is 0 Å². The number of benzene rings is 1. The van der Waals surface area contributed by atoms with Gasteiger partial charge >= 0.3 is 5.12 Å². The standard InChI is InChI=1S/C7H4Cl2N2O4/c8-6-4-2-1-3-5(6)7(9,10(12)13)11(14)15/h1-4H. The Morgan fingerprint density at radius 3 is 2.00 bits per heavy atom. The highest BCUT2D eigenvalue weighted by atomic mass is 35.5. The van der Waals surface area contributed by atoms with Crippen molar-refractivity contribution in [1.82, 2.24) is 0 Å². The fourth-order valence-electron chi connectivity index (χ4n) is 0.983. The molecule has 0 N–H and O–H groups in total. The fraction of sp³-hybridized carbons (Fsp3) is 0.143. The molecule has 15 heavy (non-hydrogen) atoms. The summed E-state index contributed by atoms with van der Waals surface area (Å²) in [7, 11) is 0. The number of rotatable bonds is 3. The molecule has 8 heteroatoms. The van der Waals surface area contributed by atoms with Crippen LogP contribution in [0, 0.1) is 20.2 Å². The average Bonchev–Trinajstić information content (AvgIpc) is 2.16. The first-order chi connectivity index (χ1) is 6.90. The molecule has 0 saturated heterocycles. The summed E-state index contributed by atoms with van der Waals surface area (Å²) in [5.74, 6) is 0. The van der Waals surface area contributed by atoms with Gasteiger partial charge in [-0.25, -0.2) is 0 Å². The third-order valence-corrected chi connectivity index (χ3v) is 2.51. The molecule has 0 aliphatic heterocycles. The summed E-state index contributed by atoms with van der Waals surface area (Å²) >= 11 is 11.0. The van der Waals surface area contributed by atoms with Gasteiger partial charge < -0.3 is 0 Å². The molecule has 0 atom stereocenters. The summed E-state index contributed by atoms with van der Waals surface area (Å²) in [5, 5.41) is 18.1. The lowest BCUT2D eigenvalue weighted by Crippen LogP contribution is -2.37. The summed E-state index contributed by atoms with van der Waals surface area (Å²) < 4.78 is 0. The van der Waals surface area contributed by atoms with E-state index in [1.807, 2.05) is 0 Å². The van der Waals surface area contributed by atoms with Crippen molar-refractivity contribution in [3.05, 3.63) is 55.1 Å². The largest absolute Gasteiger partial charge is 0.565 e. The minimum Gasteiger partial charge on any atom is -0.257 e. The van der Waals surface area contributed by atoms with Crippen molar-refractivity contribution < 1.29 is 9.85 Å². The molecule has 0 aliphatic carbocycles. The Hall–Kier alpha value is -1.40. The second-order valence-electron chi connectivity index (χ2n) is 2.58. The van der Waals surface area contributed by atoms with Crippen molar-refractivity contribution in [3.63, 3.8) is 0 Å². The van der Waals surface area contributed by atoms with E-state index < -0.39 is 15.0 Å². The molecule has 0 aromatic heterocycles. The van der Waals surface area contributed by atoms with Crippen molar-refractivity contribution in [2.24, 2.45) is 0 Å². The van der Waals surface area contributed by atoms with Gasteiger partial charge in [-0.05, 0) is 12.1 Å². The summed E-state index contributed by atoms with van der Waals surface area (Å²) in [6, 6.07) is 5.30. The van der Waals surface area contributed by atoms with Crippen LogP contribution >= 0.6 is 23.2 Å². The zero-order valence-electron chi connectivity index (χ0n) is 7.09. The quantitative estimate of drug-likeness (QED) is 0.271. The normalized spacial score (nSPS) is 11.1. The maximum atomic E-state index is 10.6. The summed E-state index contributed by atoms with van der Waals surface area (Å²) in [6.45, 7) is 0. The van der Waals surface area contributed by atoms with Crippen LogP contribution in [-0.4, -0.2) is 9.85 Å². The van der Waals surface area contributed by atoms with Crippen LogP contribution in [0.5, 0.6) is 0 Å². The van der Waals surface area contributed by atoms with Gasteiger partial charge in [0.05, 0.1) is 16.6 Å². The molecule has 1 aromatic rings. The van der Waals surface area contributed by atoms with Gasteiger partial charge in [0.1, 0.15) is 15.4 Å². The van der Waals surface area contributed by atoms with Crippen LogP contribution in [0.15, 0.2) is 24.3 Å². The minimum absolute atomic E-state index is 0.124. The monoisotopic (exact) mass is 250 g/mol. The number of nitro groups is 2. The Morgan fingerprint density at radius 2 is 1.60 bits per heavy atom. The van der Waals surface area contributed by atoms with Gasteiger partial charge in [-0.1, -0.05) is 23.7 Å². The van der Waals surface area contributed by atoms with E-state index in [-0.39, 0.29) is 10.6 Å². The van der Waals surface area contributed by atoms with E-state index in [2.05, 4.69) is 0 Å². The molecule has 0 aliphatic rings. The highest BCUT2D eigenvalue weighted by Gasteiger charge is 2.58. The molecular weight excluding hydrogens is 247 g/mol. The van der Waals surface area contributed by atoms with Crippen LogP contribution < -0.4 is 0 Å². The third-order valence-electron chi connectivity index (χ3n) is 1.70. The molecule has 1 aromatic carbocycles. The van der Waals surface area contributed by atoms with Crippen molar-refractivity contribution in [2.45, 2.75) is 5.12 Å². The second kappa shape index (κ2) is 4.00. The fourth-order valence-corrected chi connectivity index (χ4v) is 1.46. The molecule has 0 heterocycles.